The quantitative estimate of drug-likeness (QED) is 0.589. The summed E-state index contributed by atoms with van der Waals surface area (Å²) < 4.78 is 0. The van der Waals surface area contributed by atoms with Gasteiger partial charge in [0.2, 0.25) is 0 Å². The van der Waals surface area contributed by atoms with Crippen molar-refractivity contribution in [3.8, 4) is 0 Å². The number of hydrogen-bond donors (Lipinski definition) is 1. The Bertz CT molecular complexity index is 740. The van der Waals surface area contributed by atoms with Gasteiger partial charge >= 0.3 is 0 Å². The van der Waals surface area contributed by atoms with Crippen molar-refractivity contribution in [2.45, 2.75) is 38.6 Å². The van der Waals surface area contributed by atoms with Gasteiger partial charge in [-0.2, -0.15) is 0 Å². The second kappa shape index (κ2) is 9.14. The number of rotatable bonds is 9. The summed E-state index contributed by atoms with van der Waals surface area (Å²) in [5, 5.41) is 4.74. The van der Waals surface area contributed by atoms with E-state index >= 15 is 0 Å². The lowest BCUT2D eigenvalue weighted by atomic mass is 10.1. The zero-order valence-corrected chi connectivity index (χ0v) is 14.1. The Morgan fingerprint density at radius 1 is 0.792 bits per heavy atom. The Balaban J connectivity index is 1.28. The Morgan fingerprint density at radius 3 is 2.62 bits per heavy atom. The van der Waals surface area contributed by atoms with Gasteiger partial charge in [-0.3, -0.25) is 9.97 Å². The molecule has 0 amide bonds. The molecule has 0 aliphatic carbocycles. The maximum Gasteiger partial charge on any atom is 0.0705 e. The Morgan fingerprint density at radius 2 is 1.71 bits per heavy atom. The summed E-state index contributed by atoms with van der Waals surface area (Å²) in [6.07, 6.45) is 9.84. The van der Waals surface area contributed by atoms with Crippen LogP contribution in [0.25, 0.3) is 10.9 Å². The largest absolute Gasteiger partial charge is 0.313 e. The zero-order valence-electron chi connectivity index (χ0n) is 14.1. The highest BCUT2D eigenvalue weighted by atomic mass is 14.8. The van der Waals surface area contributed by atoms with Gasteiger partial charge in [-0.1, -0.05) is 37.1 Å². The summed E-state index contributed by atoms with van der Waals surface area (Å²) in [4.78, 5) is 8.78. The average Bonchev–Trinajstić information content (AvgIpc) is 2.64. The van der Waals surface area contributed by atoms with E-state index < -0.39 is 0 Å². The fourth-order valence-electron chi connectivity index (χ4n) is 2.91. The first kappa shape index (κ1) is 16.6. The molecule has 3 heteroatoms. The van der Waals surface area contributed by atoms with E-state index in [9.17, 15) is 0 Å². The molecule has 124 valence electrons. The molecule has 0 bridgehead atoms. The van der Waals surface area contributed by atoms with Crippen LogP contribution in [-0.4, -0.2) is 16.5 Å². The molecule has 0 aliphatic rings. The third kappa shape index (κ3) is 5.14. The van der Waals surface area contributed by atoms with Gasteiger partial charge in [-0.05, 0) is 55.6 Å². The van der Waals surface area contributed by atoms with Gasteiger partial charge in [0.1, 0.15) is 0 Å². The van der Waals surface area contributed by atoms with Crippen LogP contribution in [0.3, 0.4) is 0 Å². The highest BCUT2D eigenvalue weighted by Gasteiger charge is 1.98. The van der Waals surface area contributed by atoms with Gasteiger partial charge in [0.25, 0.3) is 0 Å². The number of hydrogen-bond acceptors (Lipinski definition) is 3. The van der Waals surface area contributed by atoms with Crippen LogP contribution in [0.2, 0.25) is 0 Å². The van der Waals surface area contributed by atoms with Crippen LogP contribution in [0.1, 0.15) is 36.9 Å². The van der Waals surface area contributed by atoms with E-state index in [0.717, 1.165) is 25.0 Å². The number of nitrogens with one attached hydrogen (secondary N) is 1. The summed E-state index contributed by atoms with van der Waals surface area (Å²) in [6, 6.07) is 16.7. The predicted molar refractivity (Wildman–Crippen MR) is 99.9 cm³/mol. The highest BCUT2D eigenvalue weighted by Crippen LogP contribution is 2.13. The number of unbranched alkanes of at least 4 members (excludes halogenated alkanes) is 3. The van der Waals surface area contributed by atoms with Crippen molar-refractivity contribution >= 4 is 10.9 Å². The SMILES string of the molecule is c1ccc(CCCCCCNCc2ccc3cccnc3c2)nc1. The summed E-state index contributed by atoms with van der Waals surface area (Å²) in [5.41, 5.74) is 3.59. The fraction of sp³-hybridized carbons (Fsp3) is 0.333. The first-order chi connectivity index (χ1) is 11.9. The van der Waals surface area contributed by atoms with Gasteiger partial charge in [0.15, 0.2) is 0 Å². The molecule has 0 aliphatic heterocycles. The van der Waals surface area contributed by atoms with E-state index in [1.54, 1.807) is 0 Å². The minimum absolute atomic E-state index is 0.917. The van der Waals surface area contributed by atoms with Crippen LogP contribution in [-0.2, 0) is 13.0 Å². The second-order valence-corrected chi connectivity index (χ2v) is 6.19. The van der Waals surface area contributed by atoms with E-state index in [2.05, 4.69) is 51.7 Å². The molecule has 3 aromatic rings. The number of aromatic nitrogens is 2. The van der Waals surface area contributed by atoms with Crippen molar-refractivity contribution in [3.05, 3.63) is 72.2 Å². The van der Waals surface area contributed by atoms with Crippen LogP contribution in [0.15, 0.2) is 60.9 Å². The van der Waals surface area contributed by atoms with Crippen LogP contribution in [0, 0.1) is 0 Å². The molecule has 0 radical (unpaired) electrons. The normalized spacial score (nSPS) is 11.0. The third-order valence-corrected chi connectivity index (χ3v) is 4.26. The van der Waals surface area contributed by atoms with E-state index in [-0.39, 0.29) is 0 Å². The smallest absolute Gasteiger partial charge is 0.0705 e. The predicted octanol–water partition coefficient (Wildman–Crippen LogP) is 4.52. The topological polar surface area (TPSA) is 37.8 Å². The summed E-state index contributed by atoms with van der Waals surface area (Å²) in [7, 11) is 0. The molecule has 1 aromatic carbocycles. The molecule has 2 aromatic heterocycles. The van der Waals surface area contributed by atoms with Crippen molar-refractivity contribution in [3.63, 3.8) is 0 Å². The first-order valence-electron chi connectivity index (χ1n) is 8.86. The molecule has 3 rings (SSSR count). The standard InChI is InChI=1S/C21H25N3/c1(3-9-20-10-4-6-14-23-20)2-5-13-22-17-18-11-12-19-8-7-15-24-21(19)16-18/h4,6-8,10-12,14-16,22H,1-3,5,9,13,17H2. The molecule has 24 heavy (non-hydrogen) atoms. The van der Waals surface area contributed by atoms with E-state index in [1.165, 1.54) is 42.3 Å². The number of nitrogens with zero attached hydrogens (tertiary/aromatic N) is 2. The Hall–Kier alpha value is -2.26. The molecule has 3 nitrogen and oxygen atoms in total. The van der Waals surface area contributed by atoms with Crippen molar-refractivity contribution in [1.82, 2.24) is 15.3 Å². The molecule has 0 saturated carbocycles. The summed E-state index contributed by atoms with van der Waals surface area (Å²) in [5.74, 6) is 0. The monoisotopic (exact) mass is 319 g/mol. The van der Waals surface area contributed by atoms with Gasteiger partial charge in [-0.25, -0.2) is 0 Å². The highest BCUT2D eigenvalue weighted by molar-refractivity contribution is 5.78. The average molecular weight is 319 g/mol. The molecule has 0 unspecified atom stereocenters. The molecule has 0 spiro atoms. The Kier molecular flexibility index (Phi) is 6.32. The molecule has 1 N–H and O–H groups in total. The molecular formula is C21H25N3. The lowest BCUT2D eigenvalue weighted by Gasteiger charge is -2.06. The number of aryl methyl sites for hydroxylation is 1. The van der Waals surface area contributed by atoms with Crippen LogP contribution < -0.4 is 5.32 Å². The lowest BCUT2D eigenvalue weighted by Crippen LogP contribution is -2.14. The molecule has 0 atom stereocenters. The maximum atomic E-state index is 4.41. The van der Waals surface area contributed by atoms with Crippen molar-refractivity contribution in [2.24, 2.45) is 0 Å². The van der Waals surface area contributed by atoms with E-state index in [4.69, 9.17) is 0 Å². The minimum atomic E-state index is 0.917. The number of pyridine rings is 2. The van der Waals surface area contributed by atoms with E-state index in [1.807, 2.05) is 24.5 Å². The zero-order chi connectivity index (χ0) is 16.5. The summed E-state index contributed by atoms with van der Waals surface area (Å²) in [6.45, 7) is 1.99. The maximum absolute atomic E-state index is 4.41. The van der Waals surface area contributed by atoms with Gasteiger partial charge in [0, 0.05) is 30.0 Å². The number of fused-ring (bicyclic) bond motifs is 1. The molecule has 0 saturated heterocycles. The van der Waals surface area contributed by atoms with Gasteiger partial charge in [-0.15, -0.1) is 0 Å². The molecular weight excluding hydrogens is 294 g/mol. The van der Waals surface area contributed by atoms with Crippen LogP contribution in [0.5, 0.6) is 0 Å². The third-order valence-electron chi connectivity index (χ3n) is 4.26. The molecule has 2 heterocycles. The van der Waals surface area contributed by atoms with Crippen molar-refractivity contribution in [2.75, 3.05) is 6.54 Å². The lowest BCUT2D eigenvalue weighted by molar-refractivity contribution is 0.585. The van der Waals surface area contributed by atoms with Crippen molar-refractivity contribution in [1.29, 1.82) is 0 Å². The van der Waals surface area contributed by atoms with Gasteiger partial charge < -0.3 is 5.32 Å². The number of benzene rings is 1. The van der Waals surface area contributed by atoms with Gasteiger partial charge in [0.05, 0.1) is 5.52 Å². The van der Waals surface area contributed by atoms with E-state index in [0.29, 0.717) is 0 Å². The summed E-state index contributed by atoms with van der Waals surface area (Å²) >= 11 is 0. The fourth-order valence-corrected chi connectivity index (χ4v) is 2.91. The molecule has 0 fully saturated rings. The minimum Gasteiger partial charge on any atom is -0.313 e. The first-order valence-corrected chi connectivity index (χ1v) is 8.86. The van der Waals surface area contributed by atoms with Crippen LogP contribution >= 0.6 is 0 Å². The second-order valence-electron chi connectivity index (χ2n) is 6.19. The van der Waals surface area contributed by atoms with Crippen LogP contribution in [0.4, 0.5) is 0 Å². The van der Waals surface area contributed by atoms with Crippen molar-refractivity contribution < 1.29 is 0 Å². The Labute approximate surface area is 144 Å².